The van der Waals surface area contributed by atoms with E-state index in [1.165, 1.54) is 38.5 Å². The Morgan fingerprint density at radius 2 is 1.24 bits per heavy atom. The molecule has 2 aromatic rings. The van der Waals surface area contributed by atoms with Crippen LogP contribution in [-0.2, 0) is 27.1 Å². The Kier molecular flexibility index (Phi) is 12.7. The molecule has 2 heterocycles. The van der Waals surface area contributed by atoms with E-state index < -0.39 is 11.9 Å². The number of rotatable bonds is 6. The molecular weight excluding hydrogens is 572 g/mol. The minimum Gasteiger partial charge on any atom is -0.461 e. The van der Waals surface area contributed by atoms with Gasteiger partial charge in [-0.1, -0.05) is 31.8 Å². The van der Waals surface area contributed by atoms with Crippen LogP contribution in [0.4, 0.5) is 0 Å². The van der Waals surface area contributed by atoms with E-state index in [1.54, 1.807) is 38.1 Å². The zero-order chi connectivity index (χ0) is 32.2. The van der Waals surface area contributed by atoms with Crippen molar-refractivity contribution in [3.63, 3.8) is 0 Å². The number of allylic oxidation sites excluding steroid dienone is 2. The monoisotopic (exact) mass is 616 g/mol. The van der Waals surface area contributed by atoms with Gasteiger partial charge in [-0.25, -0.2) is 19.6 Å². The van der Waals surface area contributed by atoms with Gasteiger partial charge in [-0.2, -0.15) is 0 Å². The van der Waals surface area contributed by atoms with E-state index in [2.05, 4.69) is 16.0 Å². The van der Waals surface area contributed by atoms with Crippen LogP contribution in [0, 0.1) is 11.8 Å². The summed E-state index contributed by atoms with van der Waals surface area (Å²) < 4.78 is 9.82. The third-order valence-corrected chi connectivity index (χ3v) is 8.63. The fourth-order valence-electron chi connectivity index (χ4n) is 6.23. The maximum atomic E-state index is 12.6. The molecule has 0 amide bonds. The number of aldehydes is 1. The van der Waals surface area contributed by atoms with Gasteiger partial charge in [-0.3, -0.25) is 9.59 Å². The summed E-state index contributed by atoms with van der Waals surface area (Å²) in [5.41, 5.74) is 4.24. The second-order valence-corrected chi connectivity index (χ2v) is 11.8. The first-order chi connectivity index (χ1) is 21.8. The van der Waals surface area contributed by atoms with Gasteiger partial charge < -0.3 is 14.3 Å². The Morgan fingerprint density at radius 3 is 1.78 bits per heavy atom. The van der Waals surface area contributed by atoms with Crippen LogP contribution in [0.25, 0.3) is 0 Å². The number of ketones is 2. The summed E-state index contributed by atoms with van der Waals surface area (Å²) in [6.45, 7) is 4.17. The van der Waals surface area contributed by atoms with Crippen molar-refractivity contribution in [1.29, 1.82) is 0 Å². The van der Waals surface area contributed by atoms with Crippen molar-refractivity contribution in [2.75, 3.05) is 13.2 Å². The maximum absolute atomic E-state index is 12.6. The van der Waals surface area contributed by atoms with Crippen LogP contribution in [0.5, 0.6) is 0 Å². The highest BCUT2D eigenvalue weighted by atomic mass is 16.5. The molecule has 2 fully saturated rings. The van der Waals surface area contributed by atoms with Crippen molar-refractivity contribution >= 4 is 29.8 Å². The maximum Gasteiger partial charge on any atom is 0.356 e. The highest BCUT2D eigenvalue weighted by molar-refractivity contribution is 6.10. The fourth-order valence-corrected chi connectivity index (χ4v) is 6.23. The molecule has 4 aliphatic carbocycles. The number of hydrogen-bond donors (Lipinski definition) is 0. The second kappa shape index (κ2) is 16.9. The zero-order valence-corrected chi connectivity index (χ0v) is 26.5. The summed E-state index contributed by atoms with van der Waals surface area (Å²) in [6, 6.07) is 6.54. The van der Waals surface area contributed by atoms with Gasteiger partial charge in [-0.05, 0) is 101 Å². The number of Topliss-reactive ketones (excluding diaryl/α,β-unsaturated/α-hetero) is 2. The number of aromatic nitrogens is 2. The molecule has 0 aromatic carbocycles. The molecule has 4 aliphatic rings. The largest absolute Gasteiger partial charge is 0.461 e. The van der Waals surface area contributed by atoms with E-state index in [-0.39, 0.29) is 23.0 Å². The van der Waals surface area contributed by atoms with Gasteiger partial charge in [-0.15, -0.1) is 0 Å². The Labute approximate surface area is 265 Å². The first-order valence-electron chi connectivity index (χ1n) is 16.4. The summed E-state index contributed by atoms with van der Waals surface area (Å²) >= 11 is 0. The lowest BCUT2D eigenvalue weighted by atomic mass is 9.87. The van der Waals surface area contributed by atoms with Gasteiger partial charge in [0.25, 0.3) is 0 Å². The number of esters is 2. The van der Waals surface area contributed by atoms with Crippen molar-refractivity contribution in [2.24, 2.45) is 11.8 Å². The van der Waals surface area contributed by atoms with E-state index in [0.29, 0.717) is 49.0 Å². The van der Waals surface area contributed by atoms with Gasteiger partial charge in [0.15, 0.2) is 11.6 Å². The minimum absolute atomic E-state index is 0.0797. The summed E-state index contributed by atoms with van der Waals surface area (Å²) in [4.78, 5) is 65.8. The topological polar surface area (TPSA) is 130 Å². The predicted octanol–water partition coefficient (Wildman–Crippen LogP) is 6.66. The zero-order valence-electron chi connectivity index (χ0n) is 26.5. The third kappa shape index (κ3) is 9.25. The van der Waals surface area contributed by atoms with Crippen molar-refractivity contribution in [3.05, 3.63) is 69.8 Å². The van der Waals surface area contributed by atoms with Gasteiger partial charge in [0.05, 0.1) is 24.6 Å². The lowest BCUT2D eigenvalue weighted by Gasteiger charge is -2.18. The van der Waals surface area contributed by atoms with Crippen LogP contribution >= 0.6 is 0 Å². The molecule has 240 valence electrons. The van der Waals surface area contributed by atoms with Crippen LogP contribution in [-0.4, -0.2) is 53.0 Å². The molecule has 0 unspecified atom stereocenters. The van der Waals surface area contributed by atoms with Gasteiger partial charge >= 0.3 is 11.9 Å². The van der Waals surface area contributed by atoms with Gasteiger partial charge in [0, 0.05) is 23.5 Å². The van der Waals surface area contributed by atoms with Crippen LogP contribution in [0.15, 0.2) is 35.9 Å². The van der Waals surface area contributed by atoms with E-state index in [1.807, 2.05) is 0 Å². The molecule has 2 aromatic heterocycles. The van der Waals surface area contributed by atoms with Crippen LogP contribution in [0.3, 0.4) is 0 Å². The SMILES string of the molecule is CCOC(=O)c1ccc2c(n1)CC/C(=C\C1CCCC1)C2=O.CCOC(=O)c1ccc2c(n1)CCCC2=O.O=CC1CCCC1. The summed E-state index contributed by atoms with van der Waals surface area (Å²) in [7, 11) is 0. The quantitative estimate of drug-likeness (QED) is 0.199. The first kappa shape index (κ1) is 33.9. The van der Waals surface area contributed by atoms with Crippen molar-refractivity contribution in [1.82, 2.24) is 9.97 Å². The van der Waals surface area contributed by atoms with Crippen molar-refractivity contribution < 1.29 is 33.4 Å². The van der Waals surface area contributed by atoms with E-state index >= 15 is 0 Å². The minimum atomic E-state index is -0.427. The Bertz CT molecular complexity index is 1420. The summed E-state index contributed by atoms with van der Waals surface area (Å²) in [5, 5.41) is 0. The number of carbonyl (C=O) groups is 5. The standard InChI is InChI=1S/C18H21NO3.C12H13NO3.C6H10O/c1-2-22-18(21)16-10-8-14-15(19-16)9-7-13(17(14)20)11-12-5-3-4-6-12;1-2-16-12(15)10-7-6-8-9(13-10)4-3-5-11(8)14;7-5-6-3-1-2-4-6/h8,10-12H,2-7,9H2,1H3;6-7H,2-5H2,1H3;5-6H,1-4H2/b13-11+;;. The second-order valence-electron chi connectivity index (χ2n) is 11.8. The molecule has 6 rings (SSSR count). The number of pyridine rings is 2. The number of ether oxygens (including phenoxy) is 2. The van der Waals surface area contributed by atoms with Gasteiger partial charge in [0.2, 0.25) is 0 Å². The molecule has 0 saturated heterocycles. The van der Waals surface area contributed by atoms with E-state index in [0.717, 1.165) is 55.4 Å². The highest BCUT2D eigenvalue weighted by Crippen LogP contribution is 2.31. The number of aryl methyl sites for hydroxylation is 2. The molecule has 0 radical (unpaired) electrons. The van der Waals surface area contributed by atoms with Gasteiger partial charge in [0.1, 0.15) is 17.7 Å². The molecule has 0 bridgehead atoms. The van der Waals surface area contributed by atoms with Crippen LogP contribution in [0.1, 0.15) is 138 Å². The average molecular weight is 617 g/mol. The van der Waals surface area contributed by atoms with E-state index in [4.69, 9.17) is 9.47 Å². The third-order valence-electron chi connectivity index (χ3n) is 8.63. The summed E-state index contributed by atoms with van der Waals surface area (Å²) in [5.74, 6) is 0.320. The Morgan fingerprint density at radius 1 is 0.711 bits per heavy atom. The number of fused-ring (bicyclic) bond motifs is 2. The number of nitrogens with zero attached hydrogens (tertiary/aromatic N) is 2. The fraction of sp³-hybridized carbons (Fsp3) is 0.528. The smallest absolute Gasteiger partial charge is 0.356 e. The molecule has 9 heteroatoms. The molecule has 2 saturated carbocycles. The molecule has 0 aliphatic heterocycles. The lowest BCUT2D eigenvalue weighted by molar-refractivity contribution is -0.110. The molecular formula is C36H44N2O7. The Balaban J connectivity index is 0.000000174. The molecule has 45 heavy (non-hydrogen) atoms. The highest BCUT2D eigenvalue weighted by Gasteiger charge is 2.26. The number of carbonyl (C=O) groups excluding carboxylic acids is 5. The molecule has 0 N–H and O–H groups in total. The lowest BCUT2D eigenvalue weighted by Crippen LogP contribution is -2.18. The van der Waals surface area contributed by atoms with Crippen LogP contribution in [0.2, 0.25) is 0 Å². The van der Waals surface area contributed by atoms with E-state index in [9.17, 15) is 24.0 Å². The number of hydrogen-bond acceptors (Lipinski definition) is 9. The normalized spacial score (nSPS) is 18.6. The molecule has 0 atom stereocenters. The first-order valence-corrected chi connectivity index (χ1v) is 16.4. The van der Waals surface area contributed by atoms with Crippen molar-refractivity contribution in [3.8, 4) is 0 Å². The van der Waals surface area contributed by atoms with Crippen LogP contribution < -0.4 is 0 Å². The predicted molar refractivity (Wildman–Crippen MR) is 168 cm³/mol. The Hall–Kier alpha value is -4.01. The molecule has 9 nitrogen and oxygen atoms in total. The van der Waals surface area contributed by atoms with Crippen molar-refractivity contribution in [2.45, 2.75) is 97.3 Å². The average Bonchev–Trinajstić information content (AvgIpc) is 3.78. The molecule has 0 spiro atoms. The summed E-state index contributed by atoms with van der Waals surface area (Å²) in [6.07, 6.45) is 16.6.